The summed E-state index contributed by atoms with van der Waals surface area (Å²) in [4.78, 5) is 13.1. The van der Waals surface area contributed by atoms with Crippen LogP contribution in [0.3, 0.4) is 0 Å². The van der Waals surface area contributed by atoms with E-state index in [9.17, 15) is 18.0 Å². The Bertz CT molecular complexity index is 753. The van der Waals surface area contributed by atoms with E-state index >= 15 is 0 Å². The van der Waals surface area contributed by atoms with Gasteiger partial charge >= 0.3 is 6.18 Å². The molecule has 0 aliphatic heterocycles. The van der Waals surface area contributed by atoms with Crippen molar-refractivity contribution in [2.24, 2.45) is 13.0 Å². The molecule has 2 rings (SSSR count). The largest absolute Gasteiger partial charge is 0.437 e. The van der Waals surface area contributed by atoms with E-state index in [-0.39, 0.29) is 5.92 Å². The van der Waals surface area contributed by atoms with Gasteiger partial charge in [-0.05, 0) is 29.9 Å². The molecule has 0 saturated heterocycles. The zero-order chi connectivity index (χ0) is 18.8. The monoisotopic (exact) mass is 354 g/mol. The summed E-state index contributed by atoms with van der Waals surface area (Å²) in [6, 6.07) is 7.10. The summed E-state index contributed by atoms with van der Waals surface area (Å²) in [6.45, 7) is 6.20. The van der Waals surface area contributed by atoms with Gasteiger partial charge in [-0.3, -0.25) is 4.79 Å². The summed E-state index contributed by atoms with van der Waals surface area (Å²) in [5, 5.41) is 9.38. The number of anilines is 1. The standard InChI is InChI=1S/C17H21F3N4O/c1-10(2)9-11(3)12-7-5-6-8-13(12)21-16(25)14-15(17(18,19)20)23-24(4)22-14/h5-8,10-11H,9H2,1-4H3,(H,21,25). The molecule has 0 spiro atoms. The number of para-hydroxylation sites is 1. The highest BCUT2D eigenvalue weighted by molar-refractivity contribution is 6.04. The Morgan fingerprint density at radius 1 is 1.20 bits per heavy atom. The Morgan fingerprint density at radius 3 is 2.44 bits per heavy atom. The molecule has 8 heteroatoms. The number of nitrogens with one attached hydrogen (secondary N) is 1. The van der Waals surface area contributed by atoms with Crippen LogP contribution in [0.1, 0.15) is 54.9 Å². The van der Waals surface area contributed by atoms with Crippen molar-refractivity contribution >= 4 is 11.6 Å². The highest BCUT2D eigenvalue weighted by atomic mass is 19.4. The van der Waals surface area contributed by atoms with E-state index in [1.807, 2.05) is 19.1 Å². The molecule has 1 heterocycles. The maximum Gasteiger partial charge on any atom is 0.437 e. The number of aromatic nitrogens is 3. The molecule has 5 nitrogen and oxygen atoms in total. The lowest BCUT2D eigenvalue weighted by Gasteiger charge is -2.18. The van der Waals surface area contributed by atoms with Gasteiger partial charge in [0.25, 0.3) is 5.91 Å². The molecule has 1 aromatic carbocycles. The average Bonchev–Trinajstić information content (AvgIpc) is 2.89. The highest BCUT2D eigenvalue weighted by Gasteiger charge is 2.40. The summed E-state index contributed by atoms with van der Waals surface area (Å²) >= 11 is 0. The molecule has 0 bridgehead atoms. The molecule has 0 saturated carbocycles. The number of carbonyl (C=O) groups is 1. The van der Waals surface area contributed by atoms with E-state index in [2.05, 4.69) is 29.4 Å². The Hall–Kier alpha value is -2.38. The fraction of sp³-hybridized carbons (Fsp3) is 0.471. The minimum Gasteiger partial charge on any atom is -0.320 e. The first-order chi connectivity index (χ1) is 11.6. The van der Waals surface area contributed by atoms with Crippen LogP contribution in [0.5, 0.6) is 0 Å². The number of benzene rings is 1. The van der Waals surface area contributed by atoms with Crippen LogP contribution >= 0.6 is 0 Å². The van der Waals surface area contributed by atoms with Gasteiger partial charge in [-0.1, -0.05) is 39.0 Å². The molecular formula is C17H21F3N4O. The van der Waals surface area contributed by atoms with Crippen LogP contribution in [0.4, 0.5) is 18.9 Å². The molecule has 1 amide bonds. The number of alkyl halides is 3. The third kappa shape index (κ3) is 4.58. The molecular weight excluding hydrogens is 333 g/mol. The quantitative estimate of drug-likeness (QED) is 0.874. The zero-order valence-corrected chi connectivity index (χ0v) is 14.6. The number of amides is 1. The molecule has 0 radical (unpaired) electrons. The van der Waals surface area contributed by atoms with E-state index in [0.29, 0.717) is 11.6 Å². The van der Waals surface area contributed by atoms with Crippen molar-refractivity contribution in [3.05, 3.63) is 41.2 Å². The molecule has 0 aliphatic carbocycles. The van der Waals surface area contributed by atoms with Crippen molar-refractivity contribution in [1.82, 2.24) is 15.0 Å². The predicted octanol–water partition coefficient (Wildman–Crippen LogP) is 4.24. The second kappa shape index (κ2) is 7.25. The van der Waals surface area contributed by atoms with E-state index in [1.54, 1.807) is 12.1 Å². The average molecular weight is 354 g/mol. The molecule has 0 fully saturated rings. The number of aryl methyl sites for hydroxylation is 1. The first-order valence-corrected chi connectivity index (χ1v) is 7.98. The Balaban J connectivity index is 2.31. The molecule has 136 valence electrons. The SMILES string of the molecule is CC(C)CC(C)c1ccccc1NC(=O)c1nn(C)nc1C(F)(F)F. The molecule has 25 heavy (non-hydrogen) atoms. The molecule has 2 aromatic rings. The Labute approximate surface area is 144 Å². The summed E-state index contributed by atoms with van der Waals surface area (Å²) in [6.07, 6.45) is -3.85. The molecule has 1 unspecified atom stereocenters. The Kier molecular flexibility index (Phi) is 5.49. The molecule has 1 aromatic heterocycles. The first-order valence-electron chi connectivity index (χ1n) is 7.98. The van der Waals surface area contributed by atoms with Crippen molar-refractivity contribution in [1.29, 1.82) is 0 Å². The smallest absolute Gasteiger partial charge is 0.320 e. The van der Waals surface area contributed by atoms with Crippen molar-refractivity contribution in [3.63, 3.8) is 0 Å². The van der Waals surface area contributed by atoms with Crippen molar-refractivity contribution in [3.8, 4) is 0 Å². The third-order valence-electron chi connectivity index (χ3n) is 3.76. The molecule has 1 atom stereocenters. The van der Waals surface area contributed by atoms with Crippen LogP contribution in [-0.4, -0.2) is 20.9 Å². The van der Waals surface area contributed by atoms with Gasteiger partial charge in [0.1, 0.15) is 0 Å². The lowest BCUT2D eigenvalue weighted by atomic mass is 9.91. The number of halogens is 3. The minimum atomic E-state index is -4.74. The summed E-state index contributed by atoms with van der Waals surface area (Å²) < 4.78 is 39.0. The number of hydrogen-bond acceptors (Lipinski definition) is 3. The van der Waals surface area contributed by atoms with Crippen molar-refractivity contribution in [2.45, 2.75) is 39.3 Å². The van der Waals surface area contributed by atoms with Gasteiger partial charge in [0.15, 0.2) is 11.4 Å². The normalized spacial score (nSPS) is 13.1. The second-order valence-electron chi connectivity index (χ2n) is 6.46. The summed E-state index contributed by atoms with van der Waals surface area (Å²) in [5.74, 6) is -0.319. The fourth-order valence-electron chi connectivity index (χ4n) is 2.81. The summed E-state index contributed by atoms with van der Waals surface area (Å²) in [7, 11) is 1.24. The molecule has 0 aliphatic rings. The van der Waals surface area contributed by atoms with E-state index in [0.717, 1.165) is 16.8 Å². The number of rotatable bonds is 5. The van der Waals surface area contributed by atoms with Gasteiger partial charge in [-0.15, -0.1) is 10.2 Å². The molecule has 1 N–H and O–H groups in total. The fourth-order valence-corrected chi connectivity index (χ4v) is 2.81. The summed E-state index contributed by atoms with van der Waals surface area (Å²) in [5.41, 5.74) is -0.664. The maximum absolute atomic E-state index is 13.0. The maximum atomic E-state index is 13.0. The lowest BCUT2D eigenvalue weighted by molar-refractivity contribution is -0.141. The third-order valence-corrected chi connectivity index (χ3v) is 3.76. The van der Waals surface area contributed by atoms with Gasteiger partial charge in [0.2, 0.25) is 0 Å². The van der Waals surface area contributed by atoms with Gasteiger partial charge in [0, 0.05) is 12.7 Å². The second-order valence-corrected chi connectivity index (χ2v) is 6.46. The van der Waals surface area contributed by atoms with Gasteiger partial charge in [0.05, 0.1) is 0 Å². The zero-order valence-electron chi connectivity index (χ0n) is 14.6. The predicted molar refractivity (Wildman–Crippen MR) is 88.3 cm³/mol. The minimum absolute atomic E-state index is 0.153. The van der Waals surface area contributed by atoms with Gasteiger partial charge in [-0.2, -0.15) is 18.0 Å². The highest BCUT2D eigenvalue weighted by Crippen LogP contribution is 2.32. The van der Waals surface area contributed by atoms with Crippen LogP contribution in [0.15, 0.2) is 24.3 Å². The van der Waals surface area contributed by atoms with Gasteiger partial charge in [-0.25, -0.2) is 0 Å². The van der Waals surface area contributed by atoms with E-state index in [1.165, 1.54) is 7.05 Å². The van der Waals surface area contributed by atoms with Crippen LogP contribution in [0.2, 0.25) is 0 Å². The van der Waals surface area contributed by atoms with E-state index in [4.69, 9.17) is 0 Å². The van der Waals surface area contributed by atoms with Crippen LogP contribution < -0.4 is 5.32 Å². The van der Waals surface area contributed by atoms with Crippen molar-refractivity contribution in [2.75, 3.05) is 5.32 Å². The van der Waals surface area contributed by atoms with Gasteiger partial charge < -0.3 is 5.32 Å². The number of carbonyl (C=O) groups excluding carboxylic acids is 1. The van der Waals surface area contributed by atoms with Crippen molar-refractivity contribution < 1.29 is 18.0 Å². The lowest BCUT2D eigenvalue weighted by Crippen LogP contribution is -2.19. The van der Waals surface area contributed by atoms with Crippen LogP contribution in [0, 0.1) is 5.92 Å². The van der Waals surface area contributed by atoms with E-state index < -0.39 is 23.5 Å². The number of hydrogen-bond donors (Lipinski definition) is 1. The van der Waals surface area contributed by atoms with Crippen LogP contribution in [-0.2, 0) is 13.2 Å². The Morgan fingerprint density at radius 2 is 1.84 bits per heavy atom. The first kappa shape index (κ1) is 19.0. The topological polar surface area (TPSA) is 59.8 Å². The number of nitrogens with zero attached hydrogens (tertiary/aromatic N) is 3. The van der Waals surface area contributed by atoms with Crippen LogP contribution in [0.25, 0.3) is 0 Å².